The molecular weight excluding hydrogens is 332 g/mol. The molecular formula is C19H30N4OS. The van der Waals surface area contributed by atoms with Crippen LogP contribution in [0.3, 0.4) is 0 Å². The van der Waals surface area contributed by atoms with Gasteiger partial charge in [0, 0.05) is 44.0 Å². The van der Waals surface area contributed by atoms with Crippen molar-refractivity contribution in [3.05, 3.63) is 24.3 Å². The van der Waals surface area contributed by atoms with E-state index in [9.17, 15) is 4.79 Å². The summed E-state index contributed by atoms with van der Waals surface area (Å²) >= 11 is 5.22. The zero-order valence-electron chi connectivity index (χ0n) is 15.4. The molecule has 5 nitrogen and oxygen atoms in total. The number of hydrogen-bond donors (Lipinski definition) is 2. The molecule has 1 aliphatic heterocycles. The first-order chi connectivity index (χ1) is 12.1. The summed E-state index contributed by atoms with van der Waals surface area (Å²) in [6.45, 7) is 9.81. The summed E-state index contributed by atoms with van der Waals surface area (Å²) in [5.41, 5.74) is 2.13. The first-order valence-electron chi connectivity index (χ1n) is 9.30. The number of nitrogens with one attached hydrogen (secondary N) is 2. The van der Waals surface area contributed by atoms with Gasteiger partial charge in [-0.3, -0.25) is 4.79 Å². The predicted octanol–water partition coefficient (Wildman–Crippen LogP) is 3.22. The Labute approximate surface area is 156 Å². The Morgan fingerprint density at radius 3 is 2.36 bits per heavy atom. The molecule has 1 aliphatic rings. The van der Waals surface area contributed by atoms with Crippen molar-refractivity contribution >= 4 is 34.6 Å². The van der Waals surface area contributed by atoms with Crippen LogP contribution in [0.4, 0.5) is 11.4 Å². The highest BCUT2D eigenvalue weighted by molar-refractivity contribution is 7.80. The number of carbonyl (C=O) groups excluding carboxylic acids is 1. The summed E-state index contributed by atoms with van der Waals surface area (Å²) in [5, 5.41) is 6.19. The lowest BCUT2D eigenvalue weighted by atomic mass is 10.2. The van der Waals surface area contributed by atoms with Crippen LogP contribution >= 0.6 is 12.2 Å². The number of hydrogen-bond acceptors (Lipinski definition) is 4. The number of likely N-dealkylation sites (N-methyl/N-ethyl adjacent to an activating group) is 1. The molecule has 0 aliphatic carbocycles. The molecule has 0 spiro atoms. The first kappa shape index (κ1) is 19.7. The average Bonchev–Trinajstić information content (AvgIpc) is 2.62. The van der Waals surface area contributed by atoms with Gasteiger partial charge in [-0.25, -0.2) is 0 Å². The lowest BCUT2D eigenvalue weighted by Gasteiger charge is -2.35. The van der Waals surface area contributed by atoms with E-state index in [0.29, 0.717) is 11.5 Å². The zero-order chi connectivity index (χ0) is 18.1. The van der Waals surface area contributed by atoms with E-state index in [1.165, 1.54) is 5.69 Å². The molecule has 0 saturated carbocycles. The van der Waals surface area contributed by atoms with Crippen LogP contribution in [0.15, 0.2) is 24.3 Å². The van der Waals surface area contributed by atoms with Crippen LogP contribution < -0.4 is 15.5 Å². The number of nitrogens with zero attached hydrogens (tertiary/aromatic N) is 2. The fourth-order valence-electron chi connectivity index (χ4n) is 2.96. The Balaban J connectivity index is 1.78. The minimum atomic E-state index is -0.0173. The van der Waals surface area contributed by atoms with E-state index >= 15 is 0 Å². The van der Waals surface area contributed by atoms with Crippen LogP contribution in [-0.4, -0.2) is 48.6 Å². The van der Waals surface area contributed by atoms with Crippen LogP contribution in [0.25, 0.3) is 0 Å². The van der Waals surface area contributed by atoms with Gasteiger partial charge in [0.05, 0.1) is 0 Å². The van der Waals surface area contributed by atoms with Gasteiger partial charge in [-0.05, 0) is 49.4 Å². The number of piperazine rings is 1. The Bertz CT molecular complexity index is 553. The van der Waals surface area contributed by atoms with Crippen LogP contribution in [0.1, 0.15) is 39.5 Å². The van der Waals surface area contributed by atoms with Crippen molar-refractivity contribution < 1.29 is 4.79 Å². The molecule has 1 saturated heterocycles. The fourth-order valence-corrected chi connectivity index (χ4v) is 3.20. The highest BCUT2D eigenvalue weighted by atomic mass is 32.1. The van der Waals surface area contributed by atoms with Crippen molar-refractivity contribution in [3.8, 4) is 0 Å². The van der Waals surface area contributed by atoms with E-state index in [4.69, 9.17) is 12.2 Å². The van der Waals surface area contributed by atoms with E-state index in [1.807, 2.05) is 12.1 Å². The van der Waals surface area contributed by atoms with Gasteiger partial charge in [-0.2, -0.15) is 0 Å². The van der Waals surface area contributed by atoms with E-state index in [0.717, 1.165) is 57.7 Å². The predicted molar refractivity (Wildman–Crippen MR) is 109 cm³/mol. The number of carbonyl (C=O) groups is 1. The second kappa shape index (κ2) is 10.4. The van der Waals surface area contributed by atoms with Crippen molar-refractivity contribution in [2.24, 2.45) is 0 Å². The summed E-state index contributed by atoms with van der Waals surface area (Å²) in [6.07, 6.45) is 3.61. The number of anilines is 2. The molecule has 138 valence electrons. The van der Waals surface area contributed by atoms with Crippen LogP contribution in [0.2, 0.25) is 0 Å². The van der Waals surface area contributed by atoms with Gasteiger partial charge in [0.1, 0.15) is 0 Å². The maximum atomic E-state index is 11.8. The summed E-state index contributed by atoms with van der Waals surface area (Å²) in [4.78, 5) is 16.7. The molecule has 0 aromatic heterocycles. The smallest absolute Gasteiger partial charge is 0.226 e. The molecule has 2 rings (SSSR count). The number of amides is 1. The van der Waals surface area contributed by atoms with E-state index in [1.54, 1.807) is 0 Å². The topological polar surface area (TPSA) is 47.6 Å². The third kappa shape index (κ3) is 6.63. The Morgan fingerprint density at radius 2 is 1.76 bits per heavy atom. The SMILES string of the molecule is CCCCCC(=O)NC(=S)Nc1ccc(N2CCN(CC)CC2)cc1. The van der Waals surface area contributed by atoms with Crippen LogP contribution in [0.5, 0.6) is 0 Å². The lowest BCUT2D eigenvalue weighted by molar-refractivity contribution is -0.119. The van der Waals surface area contributed by atoms with Crippen LogP contribution in [0, 0.1) is 0 Å². The summed E-state index contributed by atoms with van der Waals surface area (Å²) < 4.78 is 0. The molecule has 1 fully saturated rings. The second-order valence-electron chi connectivity index (χ2n) is 6.43. The zero-order valence-corrected chi connectivity index (χ0v) is 16.2. The third-order valence-electron chi connectivity index (χ3n) is 4.57. The number of unbranched alkanes of at least 4 members (excludes halogenated alkanes) is 2. The quantitative estimate of drug-likeness (QED) is 0.576. The maximum Gasteiger partial charge on any atom is 0.226 e. The molecule has 2 N–H and O–H groups in total. The van der Waals surface area contributed by atoms with E-state index < -0.39 is 0 Å². The van der Waals surface area contributed by atoms with Crippen molar-refractivity contribution in [1.82, 2.24) is 10.2 Å². The van der Waals surface area contributed by atoms with Crippen molar-refractivity contribution in [1.29, 1.82) is 0 Å². The summed E-state index contributed by atoms with van der Waals surface area (Å²) in [6, 6.07) is 8.24. The minimum Gasteiger partial charge on any atom is -0.369 e. The minimum absolute atomic E-state index is 0.0173. The largest absolute Gasteiger partial charge is 0.369 e. The molecule has 1 aromatic carbocycles. The Morgan fingerprint density at radius 1 is 1.08 bits per heavy atom. The van der Waals surface area contributed by atoms with Crippen molar-refractivity contribution in [3.63, 3.8) is 0 Å². The van der Waals surface area contributed by atoms with Crippen molar-refractivity contribution in [2.45, 2.75) is 39.5 Å². The standard InChI is InChI=1S/C19H30N4OS/c1-3-5-6-7-18(24)21-19(25)20-16-8-10-17(11-9-16)23-14-12-22(4-2)13-15-23/h8-11H,3-7,12-15H2,1-2H3,(H2,20,21,24,25). The van der Waals surface area contributed by atoms with Gasteiger partial charge in [0.2, 0.25) is 5.91 Å². The second-order valence-corrected chi connectivity index (χ2v) is 6.84. The highest BCUT2D eigenvalue weighted by Gasteiger charge is 2.15. The van der Waals surface area contributed by atoms with Gasteiger partial charge >= 0.3 is 0 Å². The Kier molecular flexibility index (Phi) is 8.15. The monoisotopic (exact) mass is 362 g/mol. The Hall–Kier alpha value is -1.66. The lowest BCUT2D eigenvalue weighted by Crippen LogP contribution is -2.46. The first-order valence-corrected chi connectivity index (χ1v) is 9.71. The molecule has 0 radical (unpaired) electrons. The summed E-state index contributed by atoms with van der Waals surface area (Å²) in [7, 11) is 0. The molecule has 25 heavy (non-hydrogen) atoms. The van der Waals surface area contributed by atoms with Gasteiger partial charge < -0.3 is 20.4 Å². The molecule has 0 bridgehead atoms. The van der Waals surface area contributed by atoms with Gasteiger partial charge in [0.25, 0.3) is 0 Å². The average molecular weight is 363 g/mol. The maximum absolute atomic E-state index is 11.8. The van der Waals surface area contributed by atoms with E-state index in [2.05, 4.69) is 46.4 Å². The molecule has 0 unspecified atom stereocenters. The van der Waals surface area contributed by atoms with Gasteiger partial charge in [-0.1, -0.05) is 26.7 Å². The van der Waals surface area contributed by atoms with Crippen molar-refractivity contribution in [2.75, 3.05) is 42.9 Å². The van der Waals surface area contributed by atoms with E-state index in [-0.39, 0.29) is 5.91 Å². The number of benzene rings is 1. The molecule has 0 atom stereocenters. The molecule has 1 heterocycles. The molecule has 1 amide bonds. The van der Waals surface area contributed by atoms with Gasteiger partial charge in [-0.15, -0.1) is 0 Å². The highest BCUT2D eigenvalue weighted by Crippen LogP contribution is 2.19. The number of rotatable bonds is 7. The number of thiocarbonyl (C=S) groups is 1. The molecule has 6 heteroatoms. The third-order valence-corrected chi connectivity index (χ3v) is 4.77. The van der Waals surface area contributed by atoms with Gasteiger partial charge in [0.15, 0.2) is 5.11 Å². The normalized spacial score (nSPS) is 15.0. The fraction of sp³-hybridized carbons (Fsp3) is 0.579. The molecule has 1 aromatic rings. The van der Waals surface area contributed by atoms with Crippen LogP contribution in [-0.2, 0) is 4.79 Å². The summed E-state index contributed by atoms with van der Waals surface area (Å²) in [5.74, 6) is -0.0173.